The van der Waals surface area contributed by atoms with Crippen LogP contribution in [0.25, 0.3) is 0 Å². The summed E-state index contributed by atoms with van der Waals surface area (Å²) in [5, 5.41) is 5.25. The molecular weight excluding hydrogens is 410 g/mol. The van der Waals surface area contributed by atoms with Gasteiger partial charge in [0, 0.05) is 50.4 Å². The Bertz CT molecular complexity index is 1080. The van der Waals surface area contributed by atoms with Gasteiger partial charge in [-0.15, -0.1) is 11.3 Å². The van der Waals surface area contributed by atoms with Crippen molar-refractivity contribution >= 4 is 17.2 Å². The van der Waals surface area contributed by atoms with Crippen LogP contribution in [-0.2, 0) is 24.2 Å². The van der Waals surface area contributed by atoms with Crippen molar-refractivity contribution in [3.63, 3.8) is 0 Å². The van der Waals surface area contributed by atoms with Gasteiger partial charge in [0.25, 0.3) is 11.5 Å². The number of amides is 1. The van der Waals surface area contributed by atoms with Gasteiger partial charge in [-0.25, -0.2) is 0 Å². The first-order chi connectivity index (χ1) is 15.2. The molecular formula is C24H27N3O3S. The zero-order valence-electron chi connectivity index (χ0n) is 17.6. The number of carbonyl (C=O) groups excluding carboxylic acids is 1. The van der Waals surface area contributed by atoms with Crippen molar-refractivity contribution in [2.75, 3.05) is 26.8 Å². The second-order valence-corrected chi connectivity index (χ2v) is 8.67. The van der Waals surface area contributed by atoms with Crippen LogP contribution in [0.2, 0.25) is 0 Å². The highest BCUT2D eigenvalue weighted by Crippen LogP contribution is 2.30. The Balaban J connectivity index is 1.49. The third-order valence-corrected chi connectivity index (χ3v) is 6.72. The van der Waals surface area contributed by atoms with Crippen molar-refractivity contribution in [2.24, 2.45) is 0 Å². The minimum atomic E-state index is -0.180. The lowest BCUT2D eigenvalue weighted by molar-refractivity contribution is 0.0927. The van der Waals surface area contributed by atoms with Gasteiger partial charge in [-0.2, -0.15) is 0 Å². The Morgan fingerprint density at radius 2 is 2.03 bits per heavy atom. The fourth-order valence-electron chi connectivity index (χ4n) is 3.99. The molecule has 31 heavy (non-hydrogen) atoms. The number of hydrogen-bond acceptors (Lipinski definition) is 5. The molecule has 1 amide bonds. The topological polar surface area (TPSA) is 63.6 Å². The van der Waals surface area contributed by atoms with Gasteiger partial charge in [0.05, 0.1) is 18.2 Å². The fourth-order valence-corrected chi connectivity index (χ4v) is 4.88. The molecule has 2 aromatic heterocycles. The van der Waals surface area contributed by atoms with Crippen molar-refractivity contribution in [2.45, 2.75) is 25.6 Å². The second kappa shape index (κ2) is 10.0. The first kappa shape index (κ1) is 21.5. The molecule has 0 saturated carbocycles. The maximum absolute atomic E-state index is 12.9. The Hall–Kier alpha value is -2.74. The Morgan fingerprint density at radius 1 is 1.19 bits per heavy atom. The average molecular weight is 438 g/mol. The van der Waals surface area contributed by atoms with Crippen LogP contribution in [-0.4, -0.2) is 42.2 Å². The number of thiophene rings is 1. The molecule has 7 heteroatoms. The normalized spacial score (nSPS) is 14.7. The smallest absolute Gasteiger partial charge is 0.252 e. The summed E-state index contributed by atoms with van der Waals surface area (Å²) in [4.78, 5) is 28.8. The van der Waals surface area contributed by atoms with Crippen LogP contribution in [0.4, 0.5) is 0 Å². The van der Waals surface area contributed by atoms with Gasteiger partial charge in [-0.05, 0) is 35.1 Å². The molecule has 0 fully saturated rings. The molecule has 0 saturated heterocycles. The molecule has 0 spiro atoms. The van der Waals surface area contributed by atoms with E-state index in [4.69, 9.17) is 4.74 Å². The zero-order valence-corrected chi connectivity index (χ0v) is 18.4. The highest BCUT2D eigenvalue weighted by atomic mass is 32.1. The van der Waals surface area contributed by atoms with E-state index in [0.717, 1.165) is 19.5 Å². The van der Waals surface area contributed by atoms with Gasteiger partial charge >= 0.3 is 0 Å². The van der Waals surface area contributed by atoms with E-state index in [2.05, 4.69) is 33.8 Å². The molecule has 0 radical (unpaired) electrons. The monoisotopic (exact) mass is 437 g/mol. The summed E-state index contributed by atoms with van der Waals surface area (Å²) in [6, 6.07) is 15.6. The van der Waals surface area contributed by atoms with Crippen LogP contribution in [0.15, 0.2) is 64.9 Å². The van der Waals surface area contributed by atoms with E-state index < -0.39 is 0 Å². The molecule has 1 N–H and O–H groups in total. The number of hydrogen-bond donors (Lipinski definition) is 1. The fraction of sp³-hybridized carbons (Fsp3) is 0.333. The molecule has 1 aliphatic heterocycles. The molecule has 0 bridgehead atoms. The number of ether oxygens (including phenoxy) is 1. The highest BCUT2D eigenvalue weighted by molar-refractivity contribution is 7.10. The summed E-state index contributed by atoms with van der Waals surface area (Å²) in [6.45, 7) is 3.18. The predicted molar refractivity (Wildman–Crippen MR) is 123 cm³/mol. The minimum absolute atomic E-state index is 0.0811. The first-order valence-corrected chi connectivity index (χ1v) is 11.4. The number of aromatic nitrogens is 1. The number of pyridine rings is 1. The van der Waals surface area contributed by atoms with E-state index in [1.165, 1.54) is 26.6 Å². The number of rotatable bonds is 8. The van der Waals surface area contributed by atoms with Gasteiger partial charge in [0.15, 0.2) is 0 Å². The highest BCUT2D eigenvalue weighted by Gasteiger charge is 2.26. The molecule has 6 nitrogen and oxygen atoms in total. The predicted octanol–water partition coefficient (Wildman–Crippen LogP) is 3.09. The van der Waals surface area contributed by atoms with Crippen LogP contribution >= 0.6 is 11.3 Å². The number of nitrogens with zero attached hydrogens (tertiary/aromatic N) is 2. The summed E-state index contributed by atoms with van der Waals surface area (Å²) in [6.07, 6.45) is 2.64. The number of carbonyl (C=O) groups is 1. The summed E-state index contributed by atoms with van der Waals surface area (Å²) in [7, 11) is 1.59. The van der Waals surface area contributed by atoms with E-state index in [1.54, 1.807) is 19.4 Å². The summed E-state index contributed by atoms with van der Waals surface area (Å²) >= 11 is 1.83. The van der Waals surface area contributed by atoms with Gasteiger partial charge in [-0.3, -0.25) is 14.5 Å². The van der Waals surface area contributed by atoms with Gasteiger partial charge in [-0.1, -0.05) is 30.3 Å². The van der Waals surface area contributed by atoms with E-state index in [-0.39, 0.29) is 17.5 Å². The summed E-state index contributed by atoms with van der Waals surface area (Å²) in [5.74, 6) is -0.180. The molecule has 4 rings (SSSR count). The Labute approximate surface area is 186 Å². The van der Waals surface area contributed by atoms with Crippen LogP contribution in [0.5, 0.6) is 0 Å². The van der Waals surface area contributed by atoms with E-state index in [1.807, 2.05) is 29.5 Å². The largest absolute Gasteiger partial charge is 0.383 e. The van der Waals surface area contributed by atoms with Crippen LogP contribution in [0.1, 0.15) is 32.4 Å². The molecule has 1 aliphatic rings. The lowest BCUT2D eigenvalue weighted by Crippen LogP contribution is -2.40. The van der Waals surface area contributed by atoms with Crippen molar-refractivity contribution in [1.82, 2.24) is 14.8 Å². The summed E-state index contributed by atoms with van der Waals surface area (Å²) < 4.78 is 6.56. The number of fused-ring (bicyclic) bond motifs is 1. The molecule has 0 aliphatic carbocycles. The lowest BCUT2D eigenvalue weighted by Gasteiger charge is -2.35. The standard InChI is InChI=1S/C24H27N3O3S/c1-30-13-12-27-17-20(7-8-23(27)28)24(29)25-15-21(18-5-3-2-4-6-18)26-11-9-22-19(16-26)10-14-31-22/h2-8,10,14,17,21H,9,11-13,15-16H2,1H3,(H,25,29)/t21-/m1/s1. The van der Waals surface area contributed by atoms with Crippen molar-refractivity contribution in [1.29, 1.82) is 0 Å². The van der Waals surface area contributed by atoms with E-state index in [0.29, 0.717) is 25.3 Å². The quantitative estimate of drug-likeness (QED) is 0.588. The van der Waals surface area contributed by atoms with Gasteiger partial charge in [0.1, 0.15) is 0 Å². The Morgan fingerprint density at radius 3 is 2.84 bits per heavy atom. The summed E-state index contributed by atoms with van der Waals surface area (Å²) in [5.41, 5.74) is 2.90. The first-order valence-electron chi connectivity index (χ1n) is 10.5. The van der Waals surface area contributed by atoms with Crippen molar-refractivity contribution < 1.29 is 9.53 Å². The third kappa shape index (κ3) is 5.12. The zero-order chi connectivity index (χ0) is 21.6. The average Bonchev–Trinajstić information content (AvgIpc) is 3.27. The van der Waals surface area contributed by atoms with E-state index >= 15 is 0 Å². The van der Waals surface area contributed by atoms with Gasteiger partial charge < -0.3 is 14.6 Å². The maximum atomic E-state index is 12.9. The molecule has 0 unspecified atom stereocenters. The molecule has 162 valence electrons. The number of benzene rings is 1. The molecule has 1 atom stereocenters. The lowest BCUT2D eigenvalue weighted by atomic mass is 10.0. The van der Waals surface area contributed by atoms with Crippen LogP contribution in [0.3, 0.4) is 0 Å². The number of nitrogens with one attached hydrogen (secondary N) is 1. The van der Waals surface area contributed by atoms with Crippen LogP contribution in [0, 0.1) is 0 Å². The molecule has 1 aromatic carbocycles. The SMILES string of the molecule is COCCn1cc(C(=O)NC[C@H](c2ccccc2)N2CCc3sccc3C2)ccc1=O. The second-order valence-electron chi connectivity index (χ2n) is 7.67. The number of methoxy groups -OCH3 is 1. The van der Waals surface area contributed by atoms with E-state index in [9.17, 15) is 9.59 Å². The van der Waals surface area contributed by atoms with Gasteiger partial charge in [0.2, 0.25) is 0 Å². The minimum Gasteiger partial charge on any atom is -0.383 e. The maximum Gasteiger partial charge on any atom is 0.252 e. The van der Waals surface area contributed by atoms with Crippen molar-refractivity contribution in [3.8, 4) is 0 Å². The van der Waals surface area contributed by atoms with Crippen LogP contribution < -0.4 is 10.9 Å². The third-order valence-electron chi connectivity index (χ3n) is 5.70. The van der Waals surface area contributed by atoms with Crippen molar-refractivity contribution in [3.05, 3.63) is 92.0 Å². The Kier molecular flexibility index (Phi) is 6.96. The molecule has 3 aromatic rings. The molecule has 3 heterocycles.